The average molecular weight is 135 g/mol. The summed E-state index contributed by atoms with van der Waals surface area (Å²) >= 11 is 0. The van der Waals surface area contributed by atoms with Gasteiger partial charge in [-0.2, -0.15) is 0 Å². The van der Waals surface area contributed by atoms with Crippen molar-refractivity contribution >= 4 is 6.21 Å². The second-order valence-corrected chi connectivity index (χ2v) is 2.14. The van der Waals surface area contributed by atoms with Crippen molar-refractivity contribution < 1.29 is 0 Å². The minimum absolute atomic E-state index is 0.816. The highest BCUT2D eigenvalue weighted by molar-refractivity contribution is 5.78. The molecule has 0 aliphatic rings. The molecule has 54 valence electrons. The van der Waals surface area contributed by atoms with Crippen molar-refractivity contribution in [1.29, 1.82) is 0 Å². The van der Waals surface area contributed by atoms with E-state index in [9.17, 15) is 0 Å². The third kappa shape index (κ3) is 5.04. The molecular formula is C9H13N. The van der Waals surface area contributed by atoms with Gasteiger partial charge in [0.15, 0.2) is 0 Å². The van der Waals surface area contributed by atoms with Crippen LogP contribution in [0.4, 0.5) is 0 Å². The zero-order valence-corrected chi connectivity index (χ0v) is 6.59. The molecular weight excluding hydrogens is 122 g/mol. The van der Waals surface area contributed by atoms with Crippen LogP contribution in [0.5, 0.6) is 0 Å². The lowest BCUT2D eigenvalue weighted by Gasteiger charge is -1.87. The van der Waals surface area contributed by atoms with Gasteiger partial charge in [-0.25, -0.2) is 0 Å². The third-order valence-corrected chi connectivity index (χ3v) is 0.869. The molecule has 0 N–H and O–H groups in total. The molecule has 0 amide bonds. The van der Waals surface area contributed by atoms with E-state index in [4.69, 9.17) is 0 Å². The first-order valence-corrected chi connectivity index (χ1v) is 3.15. The fraction of sp³-hybridized carbons (Fsp3) is 0.222. The van der Waals surface area contributed by atoms with Crippen LogP contribution in [0.15, 0.2) is 41.6 Å². The Morgan fingerprint density at radius 1 is 1.40 bits per heavy atom. The van der Waals surface area contributed by atoms with Crippen LogP contribution in [0.1, 0.15) is 13.8 Å². The van der Waals surface area contributed by atoms with Gasteiger partial charge in [-0.3, -0.25) is 4.99 Å². The number of allylic oxidation sites excluding steroid dienone is 4. The summed E-state index contributed by atoms with van der Waals surface area (Å²) in [5.41, 5.74) is 1.90. The molecule has 0 aromatic heterocycles. The van der Waals surface area contributed by atoms with E-state index >= 15 is 0 Å². The molecule has 0 fully saturated rings. The third-order valence-electron chi connectivity index (χ3n) is 0.869. The summed E-state index contributed by atoms with van der Waals surface area (Å²) in [6.45, 7) is 11.0. The first kappa shape index (κ1) is 8.89. The highest BCUT2D eigenvalue weighted by atomic mass is 14.7. The standard InChI is InChI=1S/C9H13N/c1-5-6-9(4)7-10-8(2)3/h5-7H,1-2H2,3-4H3/b9-6-,10-7-. The van der Waals surface area contributed by atoms with E-state index in [-0.39, 0.29) is 0 Å². The molecule has 0 bridgehead atoms. The lowest BCUT2D eigenvalue weighted by atomic mass is 10.3. The maximum atomic E-state index is 4.01. The number of hydrogen-bond acceptors (Lipinski definition) is 1. The highest BCUT2D eigenvalue weighted by Crippen LogP contribution is 1.92. The van der Waals surface area contributed by atoms with Crippen molar-refractivity contribution in [2.75, 3.05) is 0 Å². The van der Waals surface area contributed by atoms with Crippen molar-refractivity contribution in [1.82, 2.24) is 0 Å². The Morgan fingerprint density at radius 2 is 2.00 bits per heavy atom. The van der Waals surface area contributed by atoms with Crippen LogP contribution in [0.3, 0.4) is 0 Å². The van der Waals surface area contributed by atoms with Gasteiger partial charge >= 0.3 is 0 Å². The fourth-order valence-electron chi connectivity index (χ4n) is 0.441. The summed E-state index contributed by atoms with van der Waals surface area (Å²) in [4.78, 5) is 4.01. The molecule has 10 heavy (non-hydrogen) atoms. The van der Waals surface area contributed by atoms with Crippen LogP contribution in [-0.2, 0) is 0 Å². The number of hydrogen-bond donors (Lipinski definition) is 0. The van der Waals surface area contributed by atoms with Gasteiger partial charge in [0, 0.05) is 11.9 Å². The molecule has 0 aliphatic heterocycles. The molecule has 0 aromatic rings. The van der Waals surface area contributed by atoms with E-state index in [0.717, 1.165) is 11.3 Å². The zero-order chi connectivity index (χ0) is 7.98. The molecule has 1 heteroatoms. The first-order valence-electron chi connectivity index (χ1n) is 3.15. The predicted octanol–water partition coefficient (Wildman–Crippen LogP) is 2.72. The Hall–Kier alpha value is -1.11. The van der Waals surface area contributed by atoms with Crippen LogP contribution < -0.4 is 0 Å². The van der Waals surface area contributed by atoms with Gasteiger partial charge in [0.25, 0.3) is 0 Å². The Balaban J connectivity index is 4.01. The molecule has 0 aromatic carbocycles. The van der Waals surface area contributed by atoms with E-state index in [1.54, 1.807) is 12.3 Å². The van der Waals surface area contributed by atoms with Crippen molar-refractivity contribution in [3.05, 3.63) is 36.6 Å². The summed E-state index contributed by atoms with van der Waals surface area (Å²) in [5.74, 6) is 0. The van der Waals surface area contributed by atoms with Crippen LogP contribution in [0.25, 0.3) is 0 Å². The Labute approximate surface area is 62.5 Å². The second kappa shape index (κ2) is 4.74. The second-order valence-electron chi connectivity index (χ2n) is 2.14. The Bertz CT molecular complexity index is 185. The zero-order valence-electron chi connectivity index (χ0n) is 6.59. The molecule has 0 saturated heterocycles. The van der Waals surface area contributed by atoms with E-state index in [0.29, 0.717) is 0 Å². The van der Waals surface area contributed by atoms with Gasteiger partial charge in [-0.15, -0.1) is 0 Å². The van der Waals surface area contributed by atoms with Crippen molar-refractivity contribution in [2.24, 2.45) is 4.99 Å². The number of aliphatic imine (C=N–C) groups is 1. The minimum Gasteiger partial charge on any atom is -0.262 e. The molecule has 0 radical (unpaired) electrons. The van der Waals surface area contributed by atoms with Crippen LogP contribution in [0.2, 0.25) is 0 Å². The molecule has 1 nitrogen and oxygen atoms in total. The van der Waals surface area contributed by atoms with Crippen LogP contribution in [-0.4, -0.2) is 6.21 Å². The smallest absolute Gasteiger partial charge is 0.0301 e. The predicted molar refractivity (Wildman–Crippen MR) is 47.3 cm³/mol. The molecule has 0 atom stereocenters. The normalized spacial score (nSPS) is 12.0. The minimum atomic E-state index is 0.816. The summed E-state index contributed by atoms with van der Waals surface area (Å²) in [7, 11) is 0. The maximum absolute atomic E-state index is 4.01. The van der Waals surface area contributed by atoms with Gasteiger partial charge < -0.3 is 0 Å². The summed E-state index contributed by atoms with van der Waals surface area (Å²) < 4.78 is 0. The van der Waals surface area contributed by atoms with Gasteiger partial charge in [-0.1, -0.05) is 25.3 Å². The summed E-state index contributed by atoms with van der Waals surface area (Å²) in [6.07, 6.45) is 5.40. The molecule has 0 heterocycles. The lowest BCUT2D eigenvalue weighted by molar-refractivity contribution is 1.33. The molecule has 0 unspecified atom stereocenters. The van der Waals surface area contributed by atoms with Gasteiger partial charge in [0.1, 0.15) is 0 Å². The molecule has 0 spiro atoms. The maximum Gasteiger partial charge on any atom is 0.0301 e. The first-order chi connectivity index (χ1) is 4.66. The largest absolute Gasteiger partial charge is 0.262 e. The monoisotopic (exact) mass is 135 g/mol. The van der Waals surface area contributed by atoms with E-state index in [1.807, 2.05) is 19.9 Å². The quantitative estimate of drug-likeness (QED) is 0.417. The highest BCUT2D eigenvalue weighted by Gasteiger charge is 1.78. The van der Waals surface area contributed by atoms with Crippen molar-refractivity contribution in [3.8, 4) is 0 Å². The van der Waals surface area contributed by atoms with Gasteiger partial charge in [0.2, 0.25) is 0 Å². The Kier molecular flexibility index (Phi) is 4.21. The Morgan fingerprint density at radius 3 is 2.40 bits per heavy atom. The molecule has 0 saturated carbocycles. The van der Waals surface area contributed by atoms with Crippen LogP contribution in [0, 0.1) is 0 Å². The number of nitrogens with zero attached hydrogens (tertiary/aromatic N) is 1. The van der Waals surface area contributed by atoms with E-state index in [1.165, 1.54) is 0 Å². The topological polar surface area (TPSA) is 12.4 Å². The van der Waals surface area contributed by atoms with Crippen molar-refractivity contribution in [3.63, 3.8) is 0 Å². The van der Waals surface area contributed by atoms with E-state index in [2.05, 4.69) is 18.2 Å². The number of rotatable bonds is 3. The fourth-order valence-corrected chi connectivity index (χ4v) is 0.441. The average Bonchev–Trinajstić information content (AvgIpc) is 1.85. The summed E-state index contributed by atoms with van der Waals surface area (Å²) in [6, 6.07) is 0. The van der Waals surface area contributed by atoms with Gasteiger partial charge in [-0.05, 0) is 19.4 Å². The van der Waals surface area contributed by atoms with Gasteiger partial charge in [0.05, 0.1) is 0 Å². The van der Waals surface area contributed by atoms with Crippen molar-refractivity contribution in [2.45, 2.75) is 13.8 Å². The van der Waals surface area contributed by atoms with E-state index < -0.39 is 0 Å². The molecule has 0 aliphatic carbocycles. The summed E-state index contributed by atoms with van der Waals surface area (Å²) in [5, 5.41) is 0. The lowest BCUT2D eigenvalue weighted by Crippen LogP contribution is -1.75. The van der Waals surface area contributed by atoms with Crippen LogP contribution >= 0.6 is 0 Å². The SMILES string of the molecule is C=C/C=C(C)\C=N/C(=C)C. The molecule has 0 rings (SSSR count).